The van der Waals surface area contributed by atoms with Crippen LogP contribution in [0.1, 0.15) is 64.7 Å². The van der Waals surface area contributed by atoms with Crippen LogP contribution in [0.25, 0.3) is 0 Å². The third kappa shape index (κ3) is 3.71. The maximum atomic E-state index is 12.2. The summed E-state index contributed by atoms with van der Waals surface area (Å²) in [7, 11) is 0. The van der Waals surface area contributed by atoms with Gasteiger partial charge in [0.1, 0.15) is 0 Å². The second kappa shape index (κ2) is 6.05. The summed E-state index contributed by atoms with van der Waals surface area (Å²) in [4.78, 5) is 12.2. The molecule has 0 spiro atoms. The van der Waals surface area contributed by atoms with E-state index < -0.39 is 0 Å². The Kier molecular flexibility index (Phi) is 4.66. The topological polar surface area (TPSA) is 55.1 Å². The third-order valence-corrected chi connectivity index (χ3v) is 4.84. The molecule has 0 aliphatic heterocycles. The summed E-state index contributed by atoms with van der Waals surface area (Å²) in [5, 5.41) is 3.19. The summed E-state index contributed by atoms with van der Waals surface area (Å²) in [6, 6.07) is 0.236. The van der Waals surface area contributed by atoms with Crippen LogP contribution < -0.4 is 11.1 Å². The van der Waals surface area contributed by atoms with Crippen molar-refractivity contribution in [2.45, 2.75) is 70.8 Å². The van der Waals surface area contributed by atoms with Crippen molar-refractivity contribution in [2.75, 3.05) is 6.54 Å². The van der Waals surface area contributed by atoms with Gasteiger partial charge in [-0.05, 0) is 37.5 Å². The van der Waals surface area contributed by atoms with Gasteiger partial charge >= 0.3 is 0 Å². The molecule has 2 atom stereocenters. The van der Waals surface area contributed by atoms with Crippen molar-refractivity contribution in [3.8, 4) is 0 Å². The molecule has 2 saturated carbocycles. The highest BCUT2D eigenvalue weighted by Gasteiger charge is 2.30. The monoisotopic (exact) mass is 252 g/mol. The Labute approximate surface area is 111 Å². The Hall–Kier alpha value is -0.570. The standard InChI is InChI=1S/C15H28N2O/c1-15(8-3-2-4-9-15)11-17-14(18)12-6-5-7-13(16)10-12/h12-13H,2-11,16H2,1H3,(H,17,18). The molecule has 2 unspecified atom stereocenters. The second-order valence-corrected chi connectivity index (χ2v) is 6.71. The van der Waals surface area contributed by atoms with E-state index in [0.29, 0.717) is 5.41 Å². The Morgan fingerprint density at radius 2 is 1.94 bits per heavy atom. The van der Waals surface area contributed by atoms with Crippen LogP contribution in [0.5, 0.6) is 0 Å². The van der Waals surface area contributed by atoms with E-state index in [0.717, 1.165) is 32.2 Å². The molecule has 0 radical (unpaired) electrons. The zero-order valence-electron chi connectivity index (χ0n) is 11.7. The van der Waals surface area contributed by atoms with Crippen LogP contribution in [0.15, 0.2) is 0 Å². The maximum absolute atomic E-state index is 12.2. The normalized spacial score (nSPS) is 31.9. The minimum atomic E-state index is 0.168. The van der Waals surface area contributed by atoms with Crippen molar-refractivity contribution in [1.29, 1.82) is 0 Å². The predicted molar refractivity (Wildman–Crippen MR) is 74.1 cm³/mol. The molecule has 0 bridgehead atoms. The van der Waals surface area contributed by atoms with Gasteiger partial charge in [-0.1, -0.05) is 32.6 Å². The molecule has 3 nitrogen and oxygen atoms in total. The number of rotatable bonds is 3. The lowest BCUT2D eigenvalue weighted by Gasteiger charge is -2.34. The van der Waals surface area contributed by atoms with Gasteiger partial charge in [-0.3, -0.25) is 4.79 Å². The number of carbonyl (C=O) groups excluding carboxylic acids is 1. The lowest BCUT2D eigenvalue weighted by Crippen LogP contribution is -2.42. The van der Waals surface area contributed by atoms with E-state index in [1.54, 1.807) is 0 Å². The van der Waals surface area contributed by atoms with Gasteiger partial charge in [-0.15, -0.1) is 0 Å². The van der Waals surface area contributed by atoms with E-state index in [4.69, 9.17) is 5.73 Å². The van der Waals surface area contributed by atoms with E-state index in [1.807, 2.05) is 0 Å². The van der Waals surface area contributed by atoms with Gasteiger partial charge in [-0.2, -0.15) is 0 Å². The molecule has 0 heterocycles. The average molecular weight is 252 g/mol. The third-order valence-electron chi connectivity index (χ3n) is 4.84. The molecule has 2 rings (SSSR count). The summed E-state index contributed by atoms with van der Waals surface area (Å²) < 4.78 is 0. The minimum Gasteiger partial charge on any atom is -0.355 e. The first-order valence-electron chi connectivity index (χ1n) is 7.62. The van der Waals surface area contributed by atoms with Crippen molar-refractivity contribution >= 4 is 5.91 Å². The molecule has 18 heavy (non-hydrogen) atoms. The largest absolute Gasteiger partial charge is 0.355 e. The Balaban J connectivity index is 1.76. The van der Waals surface area contributed by atoms with Crippen molar-refractivity contribution in [1.82, 2.24) is 5.32 Å². The van der Waals surface area contributed by atoms with Gasteiger partial charge in [0.15, 0.2) is 0 Å². The Bertz CT molecular complexity index is 284. The number of nitrogens with one attached hydrogen (secondary N) is 1. The zero-order valence-corrected chi connectivity index (χ0v) is 11.7. The quantitative estimate of drug-likeness (QED) is 0.811. The molecular weight excluding hydrogens is 224 g/mol. The molecule has 2 aliphatic carbocycles. The Morgan fingerprint density at radius 1 is 1.22 bits per heavy atom. The zero-order chi connectivity index (χ0) is 13.0. The number of amides is 1. The van der Waals surface area contributed by atoms with E-state index in [2.05, 4.69) is 12.2 Å². The van der Waals surface area contributed by atoms with Gasteiger partial charge in [0.2, 0.25) is 5.91 Å². The van der Waals surface area contributed by atoms with E-state index in [9.17, 15) is 4.79 Å². The van der Waals surface area contributed by atoms with Gasteiger partial charge in [-0.25, -0.2) is 0 Å². The van der Waals surface area contributed by atoms with Crippen LogP contribution in [-0.2, 0) is 4.79 Å². The van der Waals surface area contributed by atoms with Crippen LogP contribution >= 0.6 is 0 Å². The highest BCUT2D eigenvalue weighted by molar-refractivity contribution is 5.78. The summed E-state index contributed by atoms with van der Waals surface area (Å²) in [6.07, 6.45) is 10.6. The molecule has 0 saturated heterocycles. The van der Waals surface area contributed by atoms with Crippen LogP contribution in [0.3, 0.4) is 0 Å². The van der Waals surface area contributed by atoms with Crippen LogP contribution in [0.4, 0.5) is 0 Å². The van der Waals surface area contributed by atoms with Crippen molar-refractivity contribution < 1.29 is 4.79 Å². The lowest BCUT2D eigenvalue weighted by molar-refractivity contribution is -0.126. The molecule has 0 aromatic carbocycles. The predicted octanol–water partition coefficient (Wildman–Crippen LogP) is 2.59. The van der Waals surface area contributed by atoms with E-state index in [-0.39, 0.29) is 17.9 Å². The molecule has 1 amide bonds. The number of hydrogen-bond donors (Lipinski definition) is 2. The first-order valence-corrected chi connectivity index (χ1v) is 7.62. The van der Waals surface area contributed by atoms with Gasteiger partial charge in [0.25, 0.3) is 0 Å². The van der Waals surface area contributed by atoms with Crippen LogP contribution in [0, 0.1) is 11.3 Å². The van der Waals surface area contributed by atoms with Crippen molar-refractivity contribution in [3.05, 3.63) is 0 Å². The van der Waals surface area contributed by atoms with Gasteiger partial charge < -0.3 is 11.1 Å². The summed E-state index contributed by atoms with van der Waals surface area (Å²) >= 11 is 0. The SMILES string of the molecule is CC1(CNC(=O)C2CCCC(N)C2)CCCCC1. The molecule has 3 N–H and O–H groups in total. The van der Waals surface area contributed by atoms with Crippen molar-refractivity contribution in [3.63, 3.8) is 0 Å². The number of nitrogens with two attached hydrogens (primary N) is 1. The number of hydrogen-bond acceptors (Lipinski definition) is 2. The molecule has 2 fully saturated rings. The highest BCUT2D eigenvalue weighted by Crippen LogP contribution is 2.35. The molecule has 2 aliphatic rings. The van der Waals surface area contributed by atoms with E-state index >= 15 is 0 Å². The molecule has 3 heteroatoms. The second-order valence-electron chi connectivity index (χ2n) is 6.71. The summed E-state index contributed by atoms with van der Waals surface area (Å²) in [6.45, 7) is 3.18. The summed E-state index contributed by atoms with van der Waals surface area (Å²) in [5.41, 5.74) is 6.29. The fourth-order valence-electron chi connectivity index (χ4n) is 3.49. The lowest BCUT2D eigenvalue weighted by atomic mass is 9.75. The highest BCUT2D eigenvalue weighted by atomic mass is 16.1. The molecule has 0 aromatic rings. The first kappa shape index (κ1) is 13.9. The van der Waals surface area contributed by atoms with Crippen LogP contribution in [-0.4, -0.2) is 18.5 Å². The fourth-order valence-corrected chi connectivity index (χ4v) is 3.49. The summed E-state index contributed by atoms with van der Waals surface area (Å²) in [5.74, 6) is 0.415. The smallest absolute Gasteiger partial charge is 0.223 e. The van der Waals surface area contributed by atoms with E-state index in [1.165, 1.54) is 32.1 Å². The van der Waals surface area contributed by atoms with Gasteiger partial charge in [0, 0.05) is 18.5 Å². The van der Waals surface area contributed by atoms with Crippen molar-refractivity contribution in [2.24, 2.45) is 17.1 Å². The first-order chi connectivity index (χ1) is 8.59. The maximum Gasteiger partial charge on any atom is 0.223 e. The minimum absolute atomic E-state index is 0.168. The fraction of sp³-hybridized carbons (Fsp3) is 0.933. The average Bonchev–Trinajstić information content (AvgIpc) is 2.37. The molecule has 0 aromatic heterocycles. The van der Waals surface area contributed by atoms with Gasteiger partial charge in [0.05, 0.1) is 0 Å². The molecule has 104 valence electrons. The molecular formula is C15H28N2O. The van der Waals surface area contributed by atoms with Crippen LogP contribution in [0.2, 0.25) is 0 Å². The number of carbonyl (C=O) groups is 1. The Morgan fingerprint density at radius 3 is 2.61 bits per heavy atom.